The van der Waals surface area contributed by atoms with Gasteiger partial charge in [0, 0.05) is 6.20 Å². The van der Waals surface area contributed by atoms with Crippen LogP contribution in [-0.2, 0) is 0 Å². The SMILES string of the molecule is CC1CCC(NC(=O)c2cncc(F)c2)(C(N)=S)CC1. The van der Waals surface area contributed by atoms with Crippen molar-refractivity contribution < 1.29 is 9.18 Å². The molecule has 1 heterocycles. The molecule has 0 aromatic carbocycles. The predicted octanol–water partition coefficient (Wildman–Crippen LogP) is 2.19. The molecule has 20 heavy (non-hydrogen) atoms. The first kappa shape index (κ1) is 14.8. The van der Waals surface area contributed by atoms with E-state index in [1.165, 1.54) is 6.20 Å². The van der Waals surface area contributed by atoms with E-state index in [2.05, 4.69) is 17.2 Å². The zero-order valence-corrected chi connectivity index (χ0v) is 12.2. The van der Waals surface area contributed by atoms with E-state index in [-0.39, 0.29) is 11.5 Å². The summed E-state index contributed by atoms with van der Waals surface area (Å²) in [4.78, 5) is 16.2. The maximum atomic E-state index is 13.1. The number of nitrogens with zero attached hydrogens (tertiary/aromatic N) is 1. The van der Waals surface area contributed by atoms with Gasteiger partial charge in [0.05, 0.1) is 22.3 Å². The second-order valence-corrected chi connectivity index (χ2v) is 5.91. The lowest BCUT2D eigenvalue weighted by molar-refractivity contribution is 0.0900. The lowest BCUT2D eigenvalue weighted by atomic mass is 9.77. The van der Waals surface area contributed by atoms with Gasteiger partial charge in [-0.1, -0.05) is 19.1 Å². The third-order valence-electron chi connectivity index (χ3n) is 3.92. The van der Waals surface area contributed by atoms with Crippen molar-refractivity contribution in [1.29, 1.82) is 0 Å². The molecule has 0 spiro atoms. The first-order valence-electron chi connectivity index (χ1n) is 6.66. The van der Waals surface area contributed by atoms with Crippen LogP contribution in [0.3, 0.4) is 0 Å². The van der Waals surface area contributed by atoms with E-state index in [1.54, 1.807) is 0 Å². The number of amides is 1. The minimum Gasteiger partial charge on any atom is -0.391 e. The van der Waals surface area contributed by atoms with Crippen LogP contribution < -0.4 is 11.1 Å². The van der Waals surface area contributed by atoms with Crippen LogP contribution in [0.15, 0.2) is 18.5 Å². The maximum Gasteiger partial charge on any atom is 0.253 e. The summed E-state index contributed by atoms with van der Waals surface area (Å²) >= 11 is 5.13. The molecule has 0 aliphatic heterocycles. The van der Waals surface area contributed by atoms with Crippen molar-refractivity contribution in [2.75, 3.05) is 0 Å². The zero-order valence-electron chi connectivity index (χ0n) is 11.4. The summed E-state index contributed by atoms with van der Waals surface area (Å²) in [6, 6.07) is 1.15. The Balaban J connectivity index is 2.17. The normalized spacial score (nSPS) is 26.0. The van der Waals surface area contributed by atoms with E-state index in [4.69, 9.17) is 18.0 Å². The van der Waals surface area contributed by atoms with Crippen LogP contribution in [0.5, 0.6) is 0 Å². The molecule has 0 atom stereocenters. The molecule has 108 valence electrons. The van der Waals surface area contributed by atoms with Gasteiger partial charge in [-0.25, -0.2) is 4.39 Å². The van der Waals surface area contributed by atoms with Gasteiger partial charge < -0.3 is 11.1 Å². The highest BCUT2D eigenvalue weighted by Gasteiger charge is 2.38. The largest absolute Gasteiger partial charge is 0.391 e. The number of pyridine rings is 1. The summed E-state index contributed by atoms with van der Waals surface area (Å²) in [7, 11) is 0. The fraction of sp³-hybridized carbons (Fsp3) is 0.500. The van der Waals surface area contributed by atoms with Gasteiger partial charge >= 0.3 is 0 Å². The summed E-state index contributed by atoms with van der Waals surface area (Å²) < 4.78 is 13.1. The fourth-order valence-electron chi connectivity index (χ4n) is 2.51. The molecule has 6 heteroatoms. The lowest BCUT2D eigenvalue weighted by Gasteiger charge is -2.39. The second-order valence-electron chi connectivity index (χ2n) is 5.47. The number of carbonyl (C=O) groups is 1. The van der Waals surface area contributed by atoms with E-state index < -0.39 is 11.4 Å². The van der Waals surface area contributed by atoms with Crippen LogP contribution in [0.25, 0.3) is 0 Å². The average Bonchev–Trinajstić information content (AvgIpc) is 2.41. The van der Waals surface area contributed by atoms with Crippen LogP contribution in [0.2, 0.25) is 0 Å². The van der Waals surface area contributed by atoms with Crippen molar-refractivity contribution in [1.82, 2.24) is 10.3 Å². The Kier molecular flexibility index (Phi) is 4.32. The van der Waals surface area contributed by atoms with Gasteiger partial charge in [0.15, 0.2) is 0 Å². The Labute approximate surface area is 123 Å². The van der Waals surface area contributed by atoms with E-state index >= 15 is 0 Å². The van der Waals surface area contributed by atoms with Gasteiger partial charge in [-0.2, -0.15) is 0 Å². The summed E-state index contributed by atoms with van der Waals surface area (Å²) in [6.45, 7) is 2.17. The number of halogens is 1. The molecular formula is C14H18FN3OS. The Morgan fingerprint density at radius 3 is 2.70 bits per heavy atom. The van der Waals surface area contributed by atoms with Crippen LogP contribution in [0.4, 0.5) is 4.39 Å². The summed E-state index contributed by atoms with van der Waals surface area (Å²) in [5.41, 5.74) is 5.35. The summed E-state index contributed by atoms with van der Waals surface area (Å²) in [6.07, 6.45) is 5.74. The van der Waals surface area contributed by atoms with Gasteiger partial charge in [0.25, 0.3) is 5.91 Å². The molecule has 1 amide bonds. The van der Waals surface area contributed by atoms with Crippen molar-refractivity contribution in [2.45, 2.75) is 38.1 Å². The van der Waals surface area contributed by atoms with E-state index in [9.17, 15) is 9.18 Å². The molecule has 0 bridgehead atoms. The van der Waals surface area contributed by atoms with Crippen molar-refractivity contribution in [3.63, 3.8) is 0 Å². The average molecular weight is 295 g/mol. The molecule has 3 N–H and O–H groups in total. The molecule has 1 aromatic rings. The number of nitrogens with one attached hydrogen (secondary N) is 1. The highest BCUT2D eigenvalue weighted by Crippen LogP contribution is 2.32. The number of hydrogen-bond acceptors (Lipinski definition) is 3. The molecular weight excluding hydrogens is 277 g/mol. The van der Waals surface area contributed by atoms with Crippen molar-refractivity contribution in [2.24, 2.45) is 11.7 Å². The van der Waals surface area contributed by atoms with E-state index in [0.717, 1.165) is 37.9 Å². The quantitative estimate of drug-likeness (QED) is 0.839. The van der Waals surface area contributed by atoms with Crippen molar-refractivity contribution in [3.05, 3.63) is 29.8 Å². The molecule has 1 aliphatic rings. The molecule has 0 unspecified atom stereocenters. The molecule has 1 saturated carbocycles. The number of thiocarbonyl (C=S) groups is 1. The summed E-state index contributed by atoms with van der Waals surface area (Å²) in [5.74, 6) is -0.330. The standard InChI is InChI=1S/C14H18FN3OS/c1-9-2-4-14(5-3-9,13(16)20)18-12(19)10-6-11(15)8-17-7-10/h6-9H,2-5H2,1H3,(H2,16,20)(H,18,19). The van der Waals surface area contributed by atoms with Crippen LogP contribution in [0, 0.1) is 11.7 Å². The first-order valence-corrected chi connectivity index (χ1v) is 7.07. The van der Waals surface area contributed by atoms with Gasteiger partial charge in [-0.15, -0.1) is 0 Å². The third-order valence-corrected chi connectivity index (χ3v) is 4.31. The topological polar surface area (TPSA) is 68.0 Å². The molecule has 2 rings (SSSR count). The van der Waals surface area contributed by atoms with Gasteiger partial charge in [-0.05, 0) is 37.7 Å². The molecule has 1 aromatic heterocycles. The van der Waals surface area contributed by atoms with Crippen LogP contribution in [-0.4, -0.2) is 21.4 Å². The molecule has 4 nitrogen and oxygen atoms in total. The highest BCUT2D eigenvalue weighted by atomic mass is 32.1. The number of hydrogen-bond donors (Lipinski definition) is 2. The summed E-state index contributed by atoms with van der Waals surface area (Å²) in [5, 5.41) is 2.88. The number of nitrogens with two attached hydrogens (primary N) is 1. The third kappa shape index (κ3) is 3.12. The van der Waals surface area contributed by atoms with Gasteiger partial charge in [-0.3, -0.25) is 9.78 Å². The highest BCUT2D eigenvalue weighted by molar-refractivity contribution is 7.80. The Hall–Kier alpha value is -1.56. The molecule has 1 aliphatic carbocycles. The Morgan fingerprint density at radius 2 is 2.15 bits per heavy atom. The Bertz CT molecular complexity index is 527. The zero-order chi connectivity index (χ0) is 14.8. The predicted molar refractivity (Wildman–Crippen MR) is 78.8 cm³/mol. The number of rotatable bonds is 3. The second kappa shape index (κ2) is 5.83. The minimum atomic E-state index is -0.661. The minimum absolute atomic E-state index is 0.180. The van der Waals surface area contributed by atoms with Gasteiger partial charge in [0.1, 0.15) is 5.82 Å². The van der Waals surface area contributed by atoms with E-state index in [1.807, 2.05) is 0 Å². The van der Waals surface area contributed by atoms with Crippen molar-refractivity contribution >= 4 is 23.1 Å². The monoisotopic (exact) mass is 295 g/mol. The lowest BCUT2D eigenvalue weighted by Crippen LogP contribution is -2.58. The molecule has 0 radical (unpaired) electrons. The van der Waals surface area contributed by atoms with Crippen LogP contribution >= 0.6 is 12.2 Å². The Morgan fingerprint density at radius 1 is 1.50 bits per heavy atom. The smallest absolute Gasteiger partial charge is 0.253 e. The first-order chi connectivity index (χ1) is 9.43. The molecule has 0 saturated heterocycles. The maximum absolute atomic E-state index is 13.1. The van der Waals surface area contributed by atoms with E-state index in [0.29, 0.717) is 10.9 Å². The van der Waals surface area contributed by atoms with Crippen molar-refractivity contribution in [3.8, 4) is 0 Å². The van der Waals surface area contributed by atoms with Crippen LogP contribution in [0.1, 0.15) is 43.0 Å². The fourth-order valence-corrected chi connectivity index (χ4v) is 2.77. The molecule has 1 fully saturated rings. The number of carbonyl (C=O) groups excluding carboxylic acids is 1. The number of aromatic nitrogens is 1. The van der Waals surface area contributed by atoms with Gasteiger partial charge in [0.2, 0.25) is 0 Å².